The minimum Gasteiger partial charge on any atom is -0.493 e. The second-order valence-corrected chi connectivity index (χ2v) is 11.0. The summed E-state index contributed by atoms with van der Waals surface area (Å²) in [7, 11) is 0. The van der Waals surface area contributed by atoms with Crippen molar-refractivity contribution < 1.29 is 18.3 Å². The Bertz CT molecular complexity index is 1420. The molecule has 1 saturated carbocycles. The molecule has 3 atom stereocenters. The Morgan fingerprint density at radius 2 is 1.69 bits per heavy atom. The van der Waals surface area contributed by atoms with Crippen LogP contribution in [0.4, 0.5) is 4.39 Å². The van der Waals surface area contributed by atoms with E-state index in [1.165, 1.54) is 42.5 Å². The Morgan fingerprint density at radius 1 is 0.949 bits per heavy atom. The SMILES string of the molecule is CCOc1cc(CN2CC[C@H]3C(Cc4nc5ccc(C)cc5o4)CC[C@H]32)cc(OCC)c1-c1ccc(F)cc1. The first-order valence-corrected chi connectivity index (χ1v) is 14.3. The lowest BCUT2D eigenvalue weighted by Gasteiger charge is -2.25. The van der Waals surface area contributed by atoms with Gasteiger partial charge in [-0.1, -0.05) is 18.2 Å². The van der Waals surface area contributed by atoms with Crippen molar-refractivity contribution in [2.75, 3.05) is 19.8 Å². The minimum absolute atomic E-state index is 0.254. The number of ether oxygens (including phenoxy) is 2. The Labute approximate surface area is 229 Å². The lowest BCUT2D eigenvalue weighted by Crippen LogP contribution is -2.30. The lowest BCUT2D eigenvalue weighted by atomic mass is 9.90. The molecule has 0 spiro atoms. The van der Waals surface area contributed by atoms with Crippen molar-refractivity contribution in [3.8, 4) is 22.6 Å². The van der Waals surface area contributed by atoms with E-state index < -0.39 is 0 Å². The fourth-order valence-electron chi connectivity index (χ4n) is 6.74. The quantitative estimate of drug-likeness (QED) is 0.224. The summed E-state index contributed by atoms with van der Waals surface area (Å²) in [6.45, 7) is 9.11. The number of aromatic nitrogens is 1. The molecular formula is C33H37FN2O3. The molecule has 6 heteroatoms. The van der Waals surface area contributed by atoms with Crippen molar-refractivity contribution in [1.82, 2.24) is 9.88 Å². The summed E-state index contributed by atoms with van der Waals surface area (Å²) in [6, 6.07) is 17.6. The number of likely N-dealkylation sites (tertiary alicyclic amines) is 1. The number of oxazole rings is 1. The van der Waals surface area contributed by atoms with Crippen LogP contribution in [-0.4, -0.2) is 35.7 Å². The monoisotopic (exact) mass is 528 g/mol. The fourth-order valence-corrected chi connectivity index (χ4v) is 6.74. The van der Waals surface area contributed by atoms with Crippen LogP contribution >= 0.6 is 0 Å². The summed E-state index contributed by atoms with van der Waals surface area (Å²) >= 11 is 0. The maximum Gasteiger partial charge on any atom is 0.195 e. The molecular weight excluding hydrogens is 491 g/mol. The summed E-state index contributed by atoms with van der Waals surface area (Å²) in [6.07, 6.45) is 4.54. The number of hydrogen-bond donors (Lipinski definition) is 0. The first kappa shape index (κ1) is 25.9. The number of nitrogens with zero attached hydrogens (tertiary/aromatic N) is 2. The number of halogens is 1. The third-order valence-corrected chi connectivity index (χ3v) is 8.42. The maximum atomic E-state index is 13.6. The van der Waals surface area contributed by atoms with E-state index in [0.29, 0.717) is 31.1 Å². The van der Waals surface area contributed by atoms with Crippen LogP contribution in [0, 0.1) is 24.6 Å². The molecule has 5 nitrogen and oxygen atoms in total. The molecule has 204 valence electrons. The van der Waals surface area contributed by atoms with E-state index in [4.69, 9.17) is 18.9 Å². The molecule has 3 aromatic carbocycles. The summed E-state index contributed by atoms with van der Waals surface area (Å²) in [5.41, 5.74) is 6.01. The van der Waals surface area contributed by atoms with Gasteiger partial charge >= 0.3 is 0 Å². The molecule has 0 bridgehead atoms. The molecule has 1 saturated heterocycles. The highest BCUT2D eigenvalue weighted by molar-refractivity contribution is 5.77. The second kappa shape index (κ2) is 11.0. The van der Waals surface area contributed by atoms with E-state index in [1.54, 1.807) is 12.1 Å². The Hall–Kier alpha value is -3.38. The first-order valence-electron chi connectivity index (χ1n) is 14.3. The van der Waals surface area contributed by atoms with Crippen LogP contribution in [0.5, 0.6) is 11.5 Å². The van der Waals surface area contributed by atoms with Crippen LogP contribution in [0.3, 0.4) is 0 Å². The predicted octanol–water partition coefficient (Wildman–Crippen LogP) is 7.58. The van der Waals surface area contributed by atoms with Crippen LogP contribution in [0.25, 0.3) is 22.2 Å². The molecule has 0 amide bonds. The van der Waals surface area contributed by atoms with Gasteiger partial charge < -0.3 is 13.9 Å². The molecule has 0 N–H and O–H groups in total. The molecule has 4 aromatic rings. The third kappa shape index (κ3) is 5.27. The van der Waals surface area contributed by atoms with Gasteiger partial charge in [-0.15, -0.1) is 0 Å². The number of aryl methyl sites for hydroxylation is 1. The van der Waals surface area contributed by atoms with Gasteiger partial charge in [-0.3, -0.25) is 4.90 Å². The van der Waals surface area contributed by atoms with Crippen molar-refractivity contribution in [1.29, 1.82) is 0 Å². The Balaban J connectivity index is 1.20. The van der Waals surface area contributed by atoms with Gasteiger partial charge in [-0.2, -0.15) is 0 Å². The number of fused-ring (bicyclic) bond motifs is 2. The summed E-state index contributed by atoms with van der Waals surface area (Å²) in [5, 5.41) is 0. The summed E-state index contributed by atoms with van der Waals surface area (Å²) in [5.74, 6) is 3.47. The van der Waals surface area contributed by atoms with E-state index >= 15 is 0 Å². The average Bonchev–Trinajstić information content (AvgIpc) is 3.62. The van der Waals surface area contributed by atoms with Crippen molar-refractivity contribution in [2.45, 2.75) is 59.0 Å². The highest BCUT2D eigenvalue weighted by atomic mass is 19.1. The van der Waals surface area contributed by atoms with Gasteiger partial charge in [0.1, 0.15) is 22.8 Å². The van der Waals surface area contributed by atoms with Crippen molar-refractivity contribution in [2.24, 2.45) is 11.8 Å². The largest absolute Gasteiger partial charge is 0.493 e. The predicted molar refractivity (Wildman–Crippen MR) is 152 cm³/mol. The van der Waals surface area contributed by atoms with E-state index in [9.17, 15) is 4.39 Å². The Morgan fingerprint density at radius 3 is 2.41 bits per heavy atom. The van der Waals surface area contributed by atoms with Gasteiger partial charge in [0.15, 0.2) is 11.5 Å². The van der Waals surface area contributed by atoms with Gasteiger partial charge in [0.05, 0.1) is 18.8 Å². The standard InChI is InChI=1S/C33H37FN2O3/c1-4-37-30-17-22(18-31(38-5-2)33(30)23-7-10-25(34)11-8-23)20-36-15-14-26-24(9-13-28(26)36)19-32-35-27-12-6-21(3)16-29(27)39-32/h6-8,10-12,16-18,24,26,28H,4-5,9,13-15,19-20H2,1-3H3/t24?,26-,28+/m0/s1. The first-order chi connectivity index (χ1) is 19.0. The van der Waals surface area contributed by atoms with Gasteiger partial charge in [0, 0.05) is 19.0 Å². The van der Waals surface area contributed by atoms with Gasteiger partial charge in [-0.05, 0) is 112 Å². The van der Waals surface area contributed by atoms with Gasteiger partial charge in [0.2, 0.25) is 0 Å². The Kier molecular flexibility index (Phi) is 7.30. The topological polar surface area (TPSA) is 47.7 Å². The fraction of sp³-hybridized carbons (Fsp3) is 0.424. The molecule has 2 aliphatic rings. The average molecular weight is 529 g/mol. The number of benzene rings is 3. The number of rotatable bonds is 9. The highest BCUT2D eigenvalue weighted by Gasteiger charge is 2.43. The van der Waals surface area contributed by atoms with Crippen LogP contribution in [0.15, 0.2) is 59.0 Å². The number of hydrogen-bond acceptors (Lipinski definition) is 5. The van der Waals surface area contributed by atoms with Crippen LogP contribution < -0.4 is 9.47 Å². The molecule has 2 heterocycles. The molecule has 39 heavy (non-hydrogen) atoms. The van der Waals surface area contributed by atoms with Gasteiger partial charge in [-0.25, -0.2) is 9.37 Å². The van der Waals surface area contributed by atoms with Crippen molar-refractivity contribution >= 4 is 11.1 Å². The molecule has 1 aliphatic heterocycles. The zero-order valence-electron chi connectivity index (χ0n) is 23.1. The molecule has 1 unspecified atom stereocenters. The maximum absolute atomic E-state index is 13.6. The normalized spacial score (nSPS) is 21.0. The zero-order chi connectivity index (χ0) is 26.9. The molecule has 1 aromatic heterocycles. The highest BCUT2D eigenvalue weighted by Crippen LogP contribution is 2.45. The van der Waals surface area contributed by atoms with E-state index in [1.807, 2.05) is 13.8 Å². The van der Waals surface area contributed by atoms with Crippen LogP contribution in [0.1, 0.15) is 50.1 Å². The summed E-state index contributed by atoms with van der Waals surface area (Å²) in [4.78, 5) is 7.42. The van der Waals surface area contributed by atoms with Crippen molar-refractivity contribution in [3.05, 3.63) is 77.4 Å². The molecule has 6 rings (SSSR count). The lowest BCUT2D eigenvalue weighted by molar-refractivity contribution is 0.224. The van der Waals surface area contributed by atoms with Crippen molar-refractivity contribution in [3.63, 3.8) is 0 Å². The molecule has 2 fully saturated rings. The smallest absolute Gasteiger partial charge is 0.195 e. The van der Waals surface area contributed by atoms with Crippen LogP contribution in [-0.2, 0) is 13.0 Å². The second-order valence-electron chi connectivity index (χ2n) is 11.0. The van der Waals surface area contributed by atoms with Gasteiger partial charge in [0.25, 0.3) is 0 Å². The minimum atomic E-state index is -0.254. The zero-order valence-corrected chi connectivity index (χ0v) is 23.1. The summed E-state index contributed by atoms with van der Waals surface area (Å²) < 4.78 is 32.0. The van der Waals surface area contributed by atoms with E-state index in [-0.39, 0.29) is 5.82 Å². The third-order valence-electron chi connectivity index (χ3n) is 8.42. The molecule has 1 aliphatic carbocycles. The van der Waals surface area contributed by atoms with Crippen LogP contribution in [0.2, 0.25) is 0 Å². The van der Waals surface area contributed by atoms with E-state index in [2.05, 4.69) is 42.2 Å². The van der Waals surface area contributed by atoms with E-state index in [0.717, 1.165) is 59.1 Å². The molecule has 0 radical (unpaired) electrons.